The third-order valence-electron chi connectivity index (χ3n) is 12.9. The largest absolute Gasteiger partial charge is 0.487 e. The van der Waals surface area contributed by atoms with Gasteiger partial charge >= 0.3 is 17.9 Å². The van der Waals surface area contributed by atoms with Gasteiger partial charge in [-0.1, -0.05) is 198 Å². The van der Waals surface area contributed by atoms with Gasteiger partial charge in [0.25, 0.3) is 0 Å². The van der Waals surface area contributed by atoms with Crippen molar-refractivity contribution < 1.29 is 53.4 Å². The number of esters is 2. The lowest BCUT2D eigenvalue weighted by Gasteiger charge is -2.32. The molecule has 0 saturated heterocycles. The molecule has 0 spiro atoms. The van der Waals surface area contributed by atoms with Gasteiger partial charge in [-0.25, -0.2) is 14.4 Å². The molecule has 0 bridgehead atoms. The van der Waals surface area contributed by atoms with Crippen molar-refractivity contribution in [1.29, 1.82) is 0 Å². The first-order valence-electron chi connectivity index (χ1n) is 25.0. The summed E-state index contributed by atoms with van der Waals surface area (Å²) < 4.78 is 29.3. The Labute approximate surface area is 482 Å². The fourth-order valence-corrected chi connectivity index (χ4v) is 10.3. The smallest absolute Gasteiger partial charge is 0.338 e. The Morgan fingerprint density at radius 3 is 1.04 bits per heavy atom. The minimum Gasteiger partial charge on any atom is -0.487 e. The van der Waals surface area contributed by atoms with Crippen LogP contribution in [0.25, 0.3) is 0 Å². The molecule has 10 rings (SSSR count). The Bertz CT molecular complexity index is 3160. The first-order valence-corrected chi connectivity index (χ1v) is 26.9. The average molecular weight is 1160 g/mol. The molecule has 2 aliphatic rings. The Kier molecular flexibility index (Phi) is 20.4. The molecule has 0 unspecified atom stereocenters. The van der Waals surface area contributed by atoms with Crippen LogP contribution in [0, 0.1) is 6.92 Å². The Morgan fingerprint density at radius 1 is 0.418 bits per heavy atom. The minimum atomic E-state index is -1.00. The molecule has 0 fully saturated rings. The zero-order chi connectivity index (χ0) is 56.0. The molecule has 8 aromatic rings. The van der Waals surface area contributed by atoms with Crippen LogP contribution in [-0.2, 0) is 55.0 Å². The highest BCUT2D eigenvalue weighted by molar-refractivity contribution is 6.38. The number of aliphatic hydroxyl groups is 2. The quantitative estimate of drug-likeness (QED) is 0.0890. The fraction of sp³-hybridized carbons (Fsp3) is 0.190. The van der Waals surface area contributed by atoms with Crippen molar-refractivity contribution in [2.24, 2.45) is 0 Å². The summed E-state index contributed by atoms with van der Waals surface area (Å²) in [4.78, 5) is 37.8. The summed E-state index contributed by atoms with van der Waals surface area (Å²) >= 11 is 32.0. The number of ether oxygens (including phenoxy) is 5. The van der Waals surface area contributed by atoms with Crippen molar-refractivity contribution in [2.75, 3.05) is 0 Å². The second-order valence-corrected chi connectivity index (χ2v) is 20.7. The van der Waals surface area contributed by atoms with Gasteiger partial charge in [-0.2, -0.15) is 0 Å². The lowest BCUT2D eigenvalue weighted by Crippen LogP contribution is -2.41. The molecule has 0 saturated carbocycles. The third kappa shape index (κ3) is 15.8. The van der Waals surface area contributed by atoms with Crippen LogP contribution in [0.15, 0.2) is 176 Å². The number of carbonyl (C=O) groups is 3. The number of carboxylic acids is 1. The highest BCUT2D eigenvalue weighted by Gasteiger charge is 2.35. The molecule has 3 N–H and O–H groups in total. The number of carbonyl (C=O) groups excluding carboxylic acids is 2. The van der Waals surface area contributed by atoms with Crippen LogP contribution in [0.2, 0.25) is 25.1 Å². The van der Waals surface area contributed by atoms with Crippen LogP contribution in [0.4, 0.5) is 0 Å². The molecule has 0 amide bonds. The summed E-state index contributed by atoms with van der Waals surface area (Å²) in [7, 11) is 0. The maximum absolute atomic E-state index is 13.4. The number of carboxylic acid groups (broad SMARTS) is 1. The summed E-state index contributed by atoms with van der Waals surface area (Å²) in [5, 5.41) is 28.6. The molecule has 4 atom stereocenters. The molecule has 11 nitrogen and oxygen atoms in total. The van der Waals surface area contributed by atoms with E-state index in [1.807, 2.05) is 140 Å². The second kappa shape index (κ2) is 27.7. The number of aromatic carboxylic acids is 1. The van der Waals surface area contributed by atoms with E-state index >= 15 is 0 Å². The predicted octanol–water partition coefficient (Wildman–Crippen LogP) is 14.4. The number of hydrogen-bond acceptors (Lipinski definition) is 10. The van der Waals surface area contributed by atoms with Gasteiger partial charge in [0, 0.05) is 25.7 Å². The first kappa shape index (κ1) is 58.1. The SMILES string of the molecule is Cc1cc(C(=O)O)cc(Cl)c1OCc1ccccc1.O=C(O[C@H]1Cc2ccccc2C[C@H]1OC(=O)c1cc(Cl)c(OCc2ccccc2)c(Cl)c1)c1cc(Cl)c(OCc2ccccc2)c(Cl)c1.O[C@@H]1Cc2ccccc2C[C@@H]1O. The molecule has 0 aromatic heterocycles. The van der Waals surface area contributed by atoms with Gasteiger partial charge in [-0.3, -0.25) is 0 Å². The highest BCUT2D eigenvalue weighted by atomic mass is 35.5. The van der Waals surface area contributed by atoms with Gasteiger partial charge in [0.05, 0.1) is 54.0 Å². The molecular weight excluding hydrogens is 1110 g/mol. The molecule has 16 heteroatoms. The van der Waals surface area contributed by atoms with Crippen LogP contribution in [0.3, 0.4) is 0 Å². The van der Waals surface area contributed by atoms with Crippen molar-refractivity contribution in [3.8, 4) is 17.2 Å². The standard InChI is InChI=1S/C38H28Cl4O6.C15H13ClO3.C10H12O2/c39-29-15-27(16-30(40)35(29)45-21-23-9-3-1-4-10-23)37(43)47-33-19-25-13-7-8-14-26(25)20-34(33)48-38(44)28-17-31(41)36(32(42)18-28)46-22-24-11-5-2-6-12-24;1-10-7-12(15(17)18)8-13(16)14(10)19-9-11-5-3-2-4-6-11;11-9-5-7-3-1-2-4-8(7)6-10(9)12/h1-18,33-34H,19-22H2;2-8H,9H2,1H3,(H,17,18);1-4,9-12H,5-6H2/t33-,34+;;9-,10+. The van der Waals surface area contributed by atoms with E-state index in [9.17, 15) is 24.6 Å². The summed E-state index contributed by atoms with van der Waals surface area (Å²) in [6.45, 7) is 2.67. The van der Waals surface area contributed by atoms with E-state index in [2.05, 4.69) is 0 Å². The zero-order valence-corrected chi connectivity index (χ0v) is 46.3. The number of benzene rings is 8. The van der Waals surface area contributed by atoms with Gasteiger partial charge in [0.2, 0.25) is 0 Å². The monoisotopic (exact) mass is 1160 g/mol. The number of rotatable bonds is 14. The predicted molar refractivity (Wildman–Crippen MR) is 307 cm³/mol. The van der Waals surface area contributed by atoms with Gasteiger partial charge in [0.1, 0.15) is 37.8 Å². The van der Waals surface area contributed by atoms with E-state index in [0.29, 0.717) is 48.6 Å². The van der Waals surface area contributed by atoms with E-state index in [0.717, 1.165) is 38.9 Å². The van der Waals surface area contributed by atoms with Gasteiger partial charge in [-0.05, 0) is 87.8 Å². The van der Waals surface area contributed by atoms with E-state index in [1.165, 1.54) is 30.3 Å². The fourth-order valence-electron chi connectivity index (χ4n) is 8.83. The van der Waals surface area contributed by atoms with E-state index in [-0.39, 0.29) is 61.5 Å². The lowest BCUT2D eigenvalue weighted by molar-refractivity contribution is -0.0389. The van der Waals surface area contributed by atoms with Crippen LogP contribution in [0.1, 0.15) is 75.6 Å². The topological polar surface area (TPSA) is 158 Å². The molecule has 2 aliphatic carbocycles. The number of aliphatic hydroxyl groups excluding tert-OH is 2. The molecular formula is C63H53Cl5O11. The van der Waals surface area contributed by atoms with Crippen molar-refractivity contribution in [1.82, 2.24) is 0 Å². The molecule has 0 radical (unpaired) electrons. The summed E-state index contributed by atoms with van der Waals surface area (Å²) in [5.74, 6) is -1.32. The minimum absolute atomic E-state index is 0.130. The number of hydrogen-bond donors (Lipinski definition) is 3. The number of fused-ring (bicyclic) bond motifs is 2. The van der Waals surface area contributed by atoms with Gasteiger partial charge in [-0.15, -0.1) is 0 Å². The Balaban J connectivity index is 0.000000214. The normalized spacial score (nSPS) is 16.0. The molecule has 8 aromatic carbocycles. The maximum Gasteiger partial charge on any atom is 0.338 e. The number of aryl methyl sites for hydroxylation is 1. The molecule has 79 heavy (non-hydrogen) atoms. The summed E-state index contributed by atoms with van der Waals surface area (Å²) in [5.41, 5.74) is 8.31. The van der Waals surface area contributed by atoms with Crippen molar-refractivity contribution >= 4 is 75.9 Å². The second-order valence-electron chi connectivity index (χ2n) is 18.6. The molecule has 0 aliphatic heterocycles. The highest BCUT2D eigenvalue weighted by Crippen LogP contribution is 2.38. The number of halogens is 5. The lowest BCUT2D eigenvalue weighted by atomic mass is 9.87. The maximum atomic E-state index is 13.4. The van der Waals surface area contributed by atoms with Crippen molar-refractivity contribution in [2.45, 2.75) is 76.8 Å². The molecule has 0 heterocycles. The average Bonchev–Trinajstić information content (AvgIpc) is 3.46. The van der Waals surface area contributed by atoms with Crippen LogP contribution >= 0.6 is 58.0 Å². The summed E-state index contributed by atoms with van der Waals surface area (Å²) in [6.07, 6.45) is -0.959. The summed E-state index contributed by atoms with van der Waals surface area (Å²) in [6, 6.07) is 53.2. The van der Waals surface area contributed by atoms with E-state index in [4.69, 9.17) is 86.8 Å². The van der Waals surface area contributed by atoms with Crippen molar-refractivity contribution in [3.63, 3.8) is 0 Å². The van der Waals surface area contributed by atoms with Gasteiger partial charge < -0.3 is 39.0 Å². The Hall–Kier alpha value is -7.06. The van der Waals surface area contributed by atoms with Crippen LogP contribution < -0.4 is 14.2 Å². The van der Waals surface area contributed by atoms with E-state index < -0.39 is 42.3 Å². The van der Waals surface area contributed by atoms with Crippen molar-refractivity contribution in [3.05, 3.63) is 262 Å². The molecule has 406 valence electrons. The first-order chi connectivity index (χ1) is 38.1. The Morgan fingerprint density at radius 2 is 0.709 bits per heavy atom. The zero-order valence-electron chi connectivity index (χ0n) is 42.5. The third-order valence-corrected chi connectivity index (χ3v) is 14.3. The van der Waals surface area contributed by atoms with Crippen LogP contribution in [0.5, 0.6) is 17.2 Å². The van der Waals surface area contributed by atoms with Crippen LogP contribution in [-0.4, -0.2) is 57.6 Å². The van der Waals surface area contributed by atoms with Gasteiger partial charge in [0.15, 0.2) is 11.5 Å². The van der Waals surface area contributed by atoms with E-state index in [1.54, 1.807) is 13.0 Å².